The van der Waals surface area contributed by atoms with Crippen LogP contribution in [0.3, 0.4) is 0 Å². The number of carbonyl (C=O) groups excluding carboxylic acids is 1. The highest BCUT2D eigenvalue weighted by Crippen LogP contribution is 2.23. The molecule has 0 aliphatic rings. The standard InChI is InChI=1S/C20H20FN3O/c1-14(2)19-18(20(25)22-12-15-6-4-3-5-7-15)23-13-24(19)17-10-8-16(21)9-11-17/h3-11,13-14H,12H2,1-2H3,(H,22,25). The summed E-state index contributed by atoms with van der Waals surface area (Å²) in [4.78, 5) is 16.9. The number of amides is 1. The van der Waals surface area contributed by atoms with Crippen LogP contribution < -0.4 is 5.32 Å². The first-order chi connectivity index (χ1) is 12.1. The molecule has 128 valence electrons. The Morgan fingerprint density at radius 1 is 1.12 bits per heavy atom. The Labute approximate surface area is 146 Å². The van der Waals surface area contributed by atoms with Crippen LogP contribution >= 0.6 is 0 Å². The predicted octanol–water partition coefficient (Wildman–Crippen LogP) is 4.06. The molecular weight excluding hydrogens is 317 g/mol. The first-order valence-electron chi connectivity index (χ1n) is 8.21. The van der Waals surface area contributed by atoms with E-state index in [2.05, 4.69) is 10.3 Å². The summed E-state index contributed by atoms with van der Waals surface area (Å²) in [6.45, 7) is 4.46. The molecule has 0 aliphatic carbocycles. The van der Waals surface area contributed by atoms with Gasteiger partial charge in [-0.25, -0.2) is 9.37 Å². The van der Waals surface area contributed by atoms with Crippen molar-refractivity contribution in [1.82, 2.24) is 14.9 Å². The maximum absolute atomic E-state index is 13.2. The number of carbonyl (C=O) groups is 1. The highest BCUT2D eigenvalue weighted by atomic mass is 19.1. The third kappa shape index (κ3) is 3.76. The lowest BCUT2D eigenvalue weighted by Crippen LogP contribution is -2.25. The molecular formula is C20H20FN3O. The number of imidazole rings is 1. The van der Waals surface area contributed by atoms with E-state index in [9.17, 15) is 9.18 Å². The minimum atomic E-state index is -0.296. The summed E-state index contributed by atoms with van der Waals surface area (Å²) in [6, 6.07) is 15.9. The zero-order valence-corrected chi connectivity index (χ0v) is 14.2. The lowest BCUT2D eigenvalue weighted by atomic mass is 10.1. The molecule has 0 radical (unpaired) electrons. The minimum absolute atomic E-state index is 0.0880. The topological polar surface area (TPSA) is 46.9 Å². The smallest absolute Gasteiger partial charge is 0.272 e. The van der Waals surface area contributed by atoms with Crippen LogP contribution in [-0.4, -0.2) is 15.5 Å². The van der Waals surface area contributed by atoms with Crippen molar-refractivity contribution in [3.8, 4) is 5.69 Å². The highest BCUT2D eigenvalue weighted by molar-refractivity contribution is 5.93. The number of halogens is 1. The summed E-state index contributed by atoms with van der Waals surface area (Å²) in [5.41, 5.74) is 3.01. The van der Waals surface area contributed by atoms with Crippen molar-refractivity contribution in [3.63, 3.8) is 0 Å². The zero-order chi connectivity index (χ0) is 17.8. The average Bonchev–Trinajstić information content (AvgIpc) is 3.06. The fourth-order valence-corrected chi connectivity index (χ4v) is 2.75. The Hall–Kier alpha value is -2.95. The molecule has 0 fully saturated rings. The molecule has 0 spiro atoms. The number of aromatic nitrogens is 2. The summed E-state index contributed by atoms with van der Waals surface area (Å²) >= 11 is 0. The maximum atomic E-state index is 13.2. The van der Waals surface area contributed by atoms with Gasteiger partial charge in [0.05, 0.1) is 5.69 Å². The second kappa shape index (κ2) is 7.30. The van der Waals surface area contributed by atoms with Crippen molar-refractivity contribution >= 4 is 5.91 Å². The quantitative estimate of drug-likeness (QED) is 0.763. The van der Waals surface area contributed by atoms with Crippen LogP contribution in [0, 0.1) is 5.82 Å². The van der Waals surface area contributed by atoms with Crippen molar-refractivity contribution < 1.29 is 9.18 Å². The van der Waals surface area contributed by atoms with Gasteiger partial charge in [0.2, 0.25) is 0 Å². The lowest BCUT2D eigenvalue weighted by Gasteiger charge is -2.13. The first-order valence-corrected chi connectivity index (χ1v) is 8.21. The van der Waals surface area contributed by atoms with Gasteiger partial charge < -0.3 is 9.88 Å². The van der Waals surface area contributed by atoms with Crippen LogP contribution in [-0.2, 0) is 6.54 Å². The van der Waals surface area contributed by atoms with E-state index in [-0.39, 0.29) is 17.6 Å². The lowest BCUT2D eigenvalue weighted by molar-refractivity contribution is 0.0945. The van der Waals surface area contributed by atoms with Gasteiger partial charge in [0.15, 0.2) is 0 Å². The van der Waals surface area contributed by atoms with Crippen molar-refractivity contribution in [1.29, 1.82) is 0 Å². The van der Waals surface area contributed by atoms with Crippen LogP contribution in [0.4, 0.5) is 4.39 Å². The van der Waals surface area contributed by atoms with E-state index >= 15 is 0 Å². The molecule has 0 saturated heterocycles. The Balaban J connectivity index is 1.86. The number of hydrogen-bond acceptors (Lipinski definition) is 2. The molecule has 1 aromatic heterocycles. The number of nitrogens with one attached hydrogen (secondary N) is 1. The van der Waals surface area contributed by atoms with Gasteiger partial charge in [0.25, 0.3) is 5.91 Å². The van der Waals surface area contributed by atoms with Crippen molar-refractivity contribution in [2.24, 2.45) is 0 Å². The number of nitrogens with zero attached hydrogens (tertiary/aromatic N) is 2. The summed E-state index contributed by atoms with van der Waals surface area (Å²) in [5.74, 6) is -0.422. The van der Waals surface area contributed by atoms with E-state index in [0.29, 0.717) is 12.2 Å². The molecule has 4 nitrogen and oxygen atoms in total. The SMILES string of the molecule is CC(C)c1c(C(=O)NCc2ccccc2)ncn1-c1ccc(F)cc1. The van der Waals surface area contributed by atoms with Crippen molar-refractivity contribution in [2.45, 2.75) is 26.3 Å². The summed E-state index contributed by atoms with van der Waals surface area (Å²) in [7, 11) is 0. The minimum Gasteiger partial charge on any atom is -0.347 e. The fourth-order valence-electron chi connectivity index (χ4n) is 2.75. The Morgan fingerprint density at radius 3 is 2.44 bits per heavy atom. The van der Waals surface area contributed by atoms with E-state index in [0.717, 1.165) is 16.9 Å². The molecule has 0 atom stereocenters. The monoisotopic (exact) mass is 337 g/mol. The van der Waals surface area contributed by atoms with Gasteiger partial charge in [0.1, 0.15) is 17.8 Å². The van der Waals surface area contributed by atoms with Gasteiger partial charge in [-0.15, -0.1) is 0 Å². The van der Waals surface area contributed by atoms with Gasteiger partial charge in [-0.2, -0.15) is 0 Å². The summed E-state index contributed by atoms with van der Waals surface area (Å²) < 4.78 is 15.0. The molecule has 1 N–H and O–H groups in total. The van der Waals surface area contributed by atoms with Crippen molar-refractivity contribution in [2.75, 3.05) is 0 Å². The molecule has 0 unspecified atom stereocenters. The second-order valence-electron chi connectivity index (χ2n) is 6.15. The molecule has 0 aliphatic heterocycles. The maximum Gasteiger partial charge on any atom is 0.272 e. The van der Waals surface area contributed by atoms with Crippen molar-refractivity contribution in [3.05, 3.63) is 83.7 Å². The van der Waals surface area contributed by atoms with E-state index in [4.69, 9.17) is 0 Å². The fraction of sp³-hybridized carbons (Fsp3) is 0.200. The van der Waals surface area contributed by atoms with Crippen LogP contribution in [0.15, 0.2) is 60.9 Å². The normalized spacial score (nSPS) is 10.9. The second-order valence-corrected chi connectivity index (χ2v) is 6.15. The van der Waals surface area contributed by atoms with Crippen LogP contribution in [0.1, 0.15) is 41.5 Å². The first kappa shape index (κ1) is 16.9. The predicted molar refractivity (Wildman–Crippen MR) is 95.2 cm³/mol. The van der Waals surface area contributed by atoms with Gasteiger partial charge in [0, 0.05) is 12.2 Å². The molecule has 3 rings (SSSR count). The highest BCUT2D eigenvalue weighted by Gasteiger charge is 2.21. The Bertz CT molecular complexity index is 854. The van der Waals surface area contributed by atoms with E-state index < -0.39 is 0 Å². The molecule has 25 heavy (non-hydrogen) atoms. The van der Waals surface area contributed by atoms with Crippen LogP contribution in [0.25, 0.3) is 5.69 Å². The van der Waals surface area contributed by atoms with Crippen LogP contribution in [0.2, 0.25) is 0 Å². The summed E-state index contributed by atoms with van der Waals surface area (Å²) in [6.07, 6.45) is 1.61. The van der Waals surface area contributed by atoms with Gasteiger partial charge in [-0.3, -0.25) is 4.79 Å². The molecule has 3 aromatic rings. The third-order valence-corrected chi connectivity index (χ3v) is 3.97. The van der Waals surface area contributed by atoms with Crippen LogP contribution in [0.5, 0.6) is 0 Å². The van der Waals surface area contributed by atoms with E-state index in [1.807, 2.05) is 48.7 Å². The average molecular weight is 337 g/mol. The third-order valence-electron chi connectivity index (χ3n) is 3.97. The Kier molecular flexibility index (Phi) is 4.93. The number of benzene rings is 2. The summed E-state index contributed by atoms with van der Waals surface area (Å²) in [5, 5.41) is 2.91. The molecule has 0 saturated carbocycles. The largest absolute Gasteiger partial charge is 0.347 e. The molecule has 1 amide bonds. The molecule has 0 bridgehead atoms. The van der Waals surface area contributed by atoms with Gasteiger partial charge >= 0.3 is 0 Å². The van der Waals surface area contributed by atoms with Gasteiger partial charge in [-0.05, 0) is 35.7 Å². The Morgan fingerprint density at radius 2 is 1.80 bits per heavy atom. The number of rotatable bonds is 5. The van der Waals surface area contributed by atoms with E-state index in [1.165, 1.54) is 12.1 Å². The zero-order valence-electron chi connectivity index (χ0n) is 14.2. The van der Waals surface area contributed by atoms with Gasteiger partial charge in [-0.1, -0.05) is 44.2 Å². The molecule has 2 aromatic carbocycles. The van der Waals surface area contributed by atoms with E-state index in [1.54, 1.807) is 18.5 Å². The number of hydrogen-bond donors (Lipinski definition) is 1. The molecule has 5 heteroatoms. The molecule has 1 heterocycles.